The van der Waals surface area contributed by atoms with E-state index in [-0.39, 0.29) is 0 Å². The molecule has 0 spiro atoms. The number of nitrogen functional groups attached to an aromatic ring is 1. The normalized spacial score (nSPS) is 17.6. The van der Waals surface area contributed by atoms with E-state index in [1.807, 2.05) is 0 Å². The third kappa shape index (κ3) is 3.62. The highest BCUT2D eigenvalue weighted by molar-refractivity contribution is 7.10. The average molecular weight is 255 g/mol. The molecule has 3 N–H and O–H groups in total. The van der Waals surface area contributed by atoms with Crippen LogP contribution in [-0.4, -0.2) is 28.1 Å². The van der Waals surface area contributed by atoms with Crippen LogP contribution in [0.3, 0.4) is 0 Å². The summed E-state index contributed by atoms with van der Waals surface area (Å²) < 4.78 is 3.92. The molecule has 0 amide bonds. The van der Waals surface area contributed by atoms with Gasteiger partial charge < -0.3 is 10.3 Å². The van der Waals surface area contributed by atoms with Gasteiger partial charge in [0.2, 0.25) is 0 Å². The molecule has 1 saturated carbocycles. The van der Waals surface area contributed by atoms with Gasteiger partial charge in [0.05, 0.1) is 0 Å². The van der Waals surface area contributed by atoms with Crippen molar-refractivity contribution in [3.8, 4) is 0 Å². The quantitative estimate of drug-likeness (QED) is 0.621. The number of rotatable bonds is 5. The second-order valence-electron chi connectivity index (χ2n) is 4.89. The van der Waals surface area contributed by atoms with Gasteiger partial charge in [-0.05, 0) is 25.8 Å². The Morgan fingerprint density at radius 1 is 1.41 bits per heavy atom. The molecule has 0 atom stereocenters. The van der Waals surface area contributed by atoms with Gasteiger partial charge in [-0.15, -0.1) is 5.10 Å². The summed E-state index contributed by atoms with van der Waals surface area (Å²) in [5.41, 5.74) is 3.61. The van der Waals surface area contributed by atoms with Gasteiger partial charge in [-0.3, -0.25) is 0 Å². The summed E-state index contributed by atoms with van der Waals surface area (Å²) in [5.74, 6) is 6.27. The SMILES string of the molecule is CN(Cc1nnsc1NN)CC1CCCCC1. The fraction of sp³-hybridized carbons (Fsp3) is 0.818. The molecule has 1 aliphatic carbocycles. The van der Waals surface area contributed by atoms with E-state index in [0.29, 0.717) is 0 Å². The number of aromatic nitrogens is 2. The molecule has 6 heteroatoms. The lowest BCUT2D eigenvalue weighted by Crippen LogP contribution is -2.27. The highest BCUT2D eigenvalue weighted by Crippen LogP contribution is 2.25. The van der Waals surface area contributed by atoms with Crippen LogP contribution in [0.5, 0.6) is 0 Å². The van der Waals surface area contributed by atoms with Crippen molar-refractivity contribution in [2.45, 2.75) is 38.6 Å². The Kier molecular flexibility index (Phi) is 4.70. The van der Waals surface area contributed by atoms with Crippen LogP contribution in [-0.2, 0) is 6.54 Å². The molecule has 0 aliphatic heterocycles. The number of anilines is 1. The molecule has 0 bridgehead atoms. The summed E-state index contributed by atoms with van der Waals surface area (Å²) in [6.07, 6.45) is 6.96. The Morgan fingerprint density at radius 3 is 2.88 bits per heavy atom. The van der Waals surface area contributed by atoms with Crippen LogP contribution < -0.4 is 11.3 Å². The van der Waals surface area contributed by atoms with Crippen molar-refractivity contribution in [1.29, 1.82) is 0 Å². The van der Waals surface area contributed by atoms with Crippen LogP contribution >= 0.6 is 11.5 Å². The van der Waals surface area contributed by atoms with Crippen LogP contribution in [0.4, 0.5) is 5.00 Å². The Balaban J connectivity index is 1.82. The molecule has 1 aliphatic rings. The van der Waals surface area contributed by atoms with Crippen molar-refractivity contribution < 1.29 is 0 Å². The highest BCUT2D eigenvalue weighted by Gasteiger charge is 2.17. The third-order valence-electron chi connectivity index (χ3n) is 3.40. The van der Waals surface area contributed by atoms with E-state index < -0.39 is 0 Å². The van der Waals surface area contributed by atoms with Gasteiger partial charge in [-0.2, -0.15) is 0 Å². The zero-order valence-electron chi connectivity index (χ0n) is 10.4. The Morgan fingerprint density at radius 2 is 2.18 bits per heavy atom. The summed E-state index contributed by atoms with van der Waals surface area (Å²) in [5, 5.41) is 4.98. The van der Waals surface area contributed by atoms with Crippen LogP contribution in [0.1, 0.15) is 37.8 Å². The van der Waals surface area contributed by atoms with Crippen LogP contribution in [0.15, 0.2) is 0 Å². The van der Waals surface area contributed by atoms with E-state index in [9.17, 15) is 0 Å². The predicted octanol–water partition coefficient (Wildman–Crippen LogP) is 1.84. The minimum Gasteiger partial charge on any atom is -0.313 e. The van der Waals surface area contributed by atoms with Gasteiger partial charge in [0, 0.05) is 24.6 Å². The number of nitrogens with two attached hydrogens (primary N) is 1. The second-order valence-corrected chi connectivity index (χ2v) is 5.65. The van der Waals surface area contributed by atoms with E-state index in [0.717, 1.165) is 29.7 Å². The van der Waals surface area contributed by atoms with Crippen molar-refractivity contribution in [1.82, 2.24) is 14.5 Å². The van der Waals surface area contributed by atoms with Crippen LogP contribution in [0, 0.1) is 5.92 Å². The van der Waals surface area contributed by atoms with Crippen LogP contribution in [0.2, 0.25) is 0 Å². The third-order valence-corrected chi connectivity index (χ3v) is 4.10. The van der Waals surface area contributed by atoms with Crippen molar-refractivity contribution in [2.24, 2.45) is 11.8 Å². The molecule has 0 saturated heterocycles. The summed E-state index contributed by atoms with van der Waals surface area (Å²) in [4.78, 5) is 2.33. The van der Waals surface area contributed by atoms with Gasteiger partial charge in [0.25, 0.3) is 0 Å². The van der Waals surface area contributed by atoms with Gasteiger partial charge in [0.15, 0.2) is 0 Å². The van der Waals surface area contributed by atoms with Crippen molar-refractivity contribution in [3.63, 3.8) is 0 Å². The monoisotopic (exact) mass is 255 g/mol. The molecule has 0 aromatic carbocycles. The van der Waals surface area contributed by atoms with E-state index in [4.69, 9.17) is 5.84 Å². The molecule has 2 rings (SSSR count). The first-order chi connectivity index (χ1) is 8.29. The summed E-state index contributed by atoms with van der Waals surface area (Å²) in [6, 6.07) is 0. The minimum absolute atomic E-state index is 0.826. The maximum Gasteiger partial charge on any atom is 0.148 e. The lowest BCUT2D eigenvalue weighted by molar-refractivity contribution is 0.226. The average Bonchev–Trinajstić information content (AvgIpc) is 2.77. The maximum absolute atomic E-state index is 5.42. The fourth-order valence-electron chi connectivity index (χ4n) is 2.55. The first-order valence-electron chi connectivity index (χ1n) is 6.26. The van der Waals surface area contributed by atoms with Gasteiger partial charge in [0.1, 0.15) is 10.7 Å². The topological polar surface area (TPSA) is 67.1 Å². The minimum atomic E-state index is 0.826. The summed E-state index contributed by atoms with van der Waals surface area (Å²) in [6.45, 7) is 1.98. The van der Waals surface area contributed by atoms with Gasteiger partial charge in [-0.1, -0.05) is 23.8 Å². The molecule has 1 aromatic heterocycles. The lowest BCUT2D eigenvalue weighted by atomic mass is 9.89. The number of hydrogen-bond donors (Lipinski definition) is 2. The van der Waals surface area contributed by atoms with Gasteiger partial charge in [-0.25, -0.2) is 5.84 Å². The first-order valence-corrected chi connectivity index (χ1v) is 7.03. The number of hydrogen-bond acceptors (Lipinski definition) is 6. The molecular formula is C11H21N5S. The van der Waals surface area contributed by atoms with E-state index in [1.165, 1.54) is 43.6 Å². The Bertz CT molecular complexity index is 334. The Hall–Kier alpha value is -0.720. The molecule has 1 aromatic rings. The zero-order chi connectivity index (χ0) is 12.1. The molecule has 1 heterocycles. The van der Waals surface area contributed by atoms with E-state index >= 15 is 0 Å². The predicted molar refractivity (Wildman–Crippen MR) is 70.6 cm³/mol. The smallest absolute Gasteiger partial charge is 0.148 e. The number of nitrogens with zero attached hydrogens (tertiary/aromatic N) is 3. The highest BCUT2D eigenvalue weighted by atomic mass is 32.1. The van der Waals surface area contributed by atoms with Crippen molar-refractivity contribution in [2.75, 3.05) is 19.0 Å². The van der Waals surface area contributed by atoms with Crippen molar-refractivity contribution >= 4 is 16.5 Å². The number of hydrazine groups is 1. The molecular weight excluding hydrogens is 234 g/mol. The van der Waals surface area contributed by atoms with E-state index in [2.05, 4.69) is 27.0 Å². The summed E-state index contributed by atoms with van der Waals surface area (Å²) >= 11 is 1.31. The second kappa shape index (κ2) is 6.28. The lowest BCUT2D eigenvalue weighted by Gasteiger charge is -2.26. The molecule has 1 fully saturated rings. The van der Waals surface area contributed by atoms with E-state index in [1.54, 1.807) is 0 Å². The standard InChI is InChI=1S/C11H21N5S/c1-16(7-9-5-3-2-4-6-9)8-10-11(13-12)17-15-14-10/h9,13H,2-8,12H2,1H3. The maximum atomic E-state index is 5.42. The molecule has 96 valence electrons. The van der Waals surface area contributed by atoms with Gasteiger partial charge >= 0.3 is 0 Å². The molecule has 17 heavy (non-hydrogen) atoms. The van der Waals surface area contributed by atoms with Crippen LogP contribution in [0.25, 0.3) is 0 Å². The van der Waals surface area contributed by atoms with Crippen molar-refractivity contribution in [3.05, 3.63) is 5.69 Å². The fourth-order valence-corrected chi connectivity index (χ4v) is 3.04. The largest absolute Gasteiger partial charge is 0.313 e. The number of nitrogens with one attached hydrogen (secondary N) is 1. The summed E-state index contributed by atoms with van der Waals surface area (Å²) in [7, 11) is 2.15. The molecule has 0 unspecified atom stereocenters. The zero-order valence-corrected chi connectivity index (χ0v) is 11.2. The molecule has 0 radical (unpaired) electrons. The Labute approximate surface area is 107 Å². The molecule has 5 nitrogen and oxygen atoms in total. The first kappa shape index (κ1) is 12.7.